The number of hydrogen-bond donors (Lipinski definition) is 1. The number of para-hydroxylation sites is 2. The molecular formula is C22H23NO5. The van der Waals surface area contributed by atoms with Gasteiger partial charge in [-0.3, -0.25) is 9.59 Å². The Kier molecular flexibility index (Phi) is 5.68. The molecule has 3 rings (SSSR count). The molecule has 6 heteroatoms. The van der Waals surface area contributed by atoms with Crippen molar-refractivity contribution in [3.63, 3.8) is 0 Å². The van der Waals surface area contributed by atoms with Gasteiger partial charge in [-0.05, 0) is 50.1 Å². The Hall–Kier alpha value is -3.28. The molecule has 0 unspecified atom stereocenters. The zero-order valence-corrected chi connectivity index (χ0v) is 16.1. The first-order valence-electron chi connectivity index (χ1n) is 9.25. The smallest absolute Gasteiger partial charge is 0.301 e. The molecule has 1 N–H and O–H groups in total. The summed E-state index contributed by atoms with van der Waals surface area (Å²) < 4.78 is 11.3. The Morgan fingerprint density at radius 1 is 1.00 bits per heavy atom. The highest BCUT2D eigenvalue weighted by Gasteiger charge is 2.41. The van der Waals surface area contributed by atoms with Crippen LogP contribution in [0, 0.1) is 0 Å². The average molecular weight is 381 g/mol. The molecule has 0 bridgehead atoms. The van der Waals surface area contributed by atoms with Crippen LogP contribution >= 0.6 is 0 Å². The van der Waals surface area contributed by atoms with Crippen molar-refractivity contribution in [1.29, 1.82) is 0 Å². The Morgan fingerprint density at radius 2 is 1.68 bits per heavy atom. The molecule has 0 aliphatic carbocycles. The Balaban J connectivity index is 1.93. The third-order valence-corrected chi connectivity index (χ3v) is 4.14. The highest BCUT2D eigenvalue weighted by Crippen LogP contribution is 2.37. The van der Waals surface area contributed by atoms with Gasteiger partial charge in [-0.15, -0.1) is 0 Å². The zero-order valence-electron chi connectivity index (χ0n) is 16.1. The number of benzene rings is 2. The standard InChI is InChI=1S/C22H23NO5/c1-4-13-27-18-8-6-5-7-17(18)23-21(25)19(20(24)22(23)26)15-9-11-16(12-10-15)28-14(2)3/h5-12,14,24H,4,13H2,1-3H3. The van der Waals surface area contributed by atoms with E-state index < -0.39 is 17.6 Å². The number of ether oxygens (including phenoxy) is 2. The molecule has 0 radical (unpaired) electrons. The molecule has 28 heavy (non-hydrogen) atoms. The molecule has 1 aliphatic rings. The summed E-state index contributed by atoms with van der Waals surface area (Å²) in [7, 11) is 0. The Morgan fingerprint density at radius 3 is 2.32 bits per heavy atom. The van der Waals surface area contributed by atoms with Gasteiger partial charge in [-0.25, -0.2) is 4.90 Å². The number of amides is 2. The minimum Gasteiger partial charge on any atom is -0.502 e. The summed E-state index contributed by atoms with van der Waals surface area (Å²) in [6.07, 6.45) is 0.804. The zero-order chi connectivity index (χ0) is 20.3. The summed E-state index contributed by atoms with van der Waals surface area (Å²) in [4.78, 5) is 26.6. The molecule has 2 aromatic carbocycles. The van der Waals surface area contributed by atoms with Crippen LogP contribution in [0.3, 0.4) is 0 Å². The van der Waals surface area contributed by atoms with E-state index in [-0.39, 0.29) is 11.7 Å². The van der Waals surface area contributed by atoms with Crippen LogP contribution in [0.2, 0.25) is 0 Å². The fourth-order valence-electron chi connectivity index (χ4n) is 2.95. The molecule has 2 aromatic rings. The van der Waals surface area contributed by atoms with Gasteiger partial charge in [-0.2, -0.15) is 0 Å². The average Bonchev–Trinajstić information content (AvgIpc) is 2.89. The van der Waals surface area contributed by atoms with E-state index in [1.54, 1.807) is 48.5 Å². The summed E-state index contributed by atoms with van der Waals surface area (Å²) in [5.74, 6) is -0.873. The number of rotatable bonds is 7. The molecule has 1 aliphatic heterocycles. The third kappa shape index (κ3) is 3.71. The van der Waals surface area contributed by atoms with Gasteiger partial charge in [0.05, 0.1) is 24.0 Å². The number of imide groups is 1. The van der Waals surface area contributed by atoms with Crippen molar-refractivity contribution in [3.05, 3.63) is 59.9 Å². The number of nitrogens with zero attached hydrogens (tertiary/aromatic N) is 1. The monoisotopic (exact) mass is 381 g/mol. The molecule has 6 nitrogen and oxygen atoms in total. The Bertz CT molecular complexity index is 915. The second kappa shape index (κ2) is 8.17. The van der Waals surface area contributed by atoms with Crippen LogP contribution in [-0.2, 0) is 9.59 Å². The number of carbonyl (C=O) groups is 2. The lowest BCUT2D eigenvalue weighted by Crippen LogP contribution is -2.32. The molecule has 0 aromatic heterocycles. The van der Waals surface area contributed by atoms with Crippen LogP contribution in [0.25, 0.3) is 5.57 Å². The lowest BCUT2D eigenvalue weighted by molar-refractivity contribution is -0.121. The molecule has 0 saturated heterocycles. The van der Waals surface area contributed by atoms with Gasteiger partial charge < -0.3 is 14.6 Å². The quantitative estimate of drug-likeness (QED) is 0.731. The van der Waals surface area contributed by atoms with Gasteiger partial charge in [0.1, 0.15) is 11.5 Å². The van der Waals surface area contributed by atoms with Crippen molar-refractivity contribution in [3.8, 4) is 11.5 Å². The number of aliphatic hydroxyl groups excluding tert-OH is 1. The first-order valence-corrected chi connectivity index (χ1v) is 9.25. The summed E-state index contributed by atoms with van der Waals surface area (Å²) in [5.41, 5.74) is 0.722. The van der Waals surface area contributed by atoms with E-state index in [4.69, 9.17) is 9.47 Å². The van der Waals surface area contributed by atoms with E-state index >= 15 is 0 Å². The van der Waals surface area contributed by atoms with Gasteiger partial charge in [0.15, 0.2) is 5.76 Å². The van der Waals surface area contributed by atoms with E-state index in [0.717, 1.165) is 11.3 Å². The second-order valence-corrected chi connectivity index (χ2v) is 6.68. The molecule has 0 atom stereocenters. The molecular weight excluding hydrogens is 358 g/mol. The highest BCUT2D eigenvalue weighted by atomic mass is 16.5. The van der Waals surface area contributed by atoms with Gasteiger partial charge in [0.25, 0.3) is 5.91 Å². The van der Waals surface area contributed by atoms with E-state index in [1.807, 2.05) is 20.8 Å². The largest absolute Gasteiger partial charge is 0.502 e. The lowest BCUT2D eigenvalue weighted by atomic mass is 10.1. The van der Waals surface area contributed by atoms with E-state index in [2.05, 4.69) is 0 Å². The van der Waals surface area contributed by atoms with E-state index in [0.29, 0.717) is 29.4 Å². The first kappa shape index (κ1) is 19.5. The molecule has 0 saturated carbocycles. The molecule has 1 heterocycles. The number of carbonyl (C=O) groups excluding carboxylic acids is 2. The lowest BCUT2D eigenvalue weighted by Gasteiger charge is -2.18. The van der Waals surface area contributed by atoms with Crippen LogP contribution in [0.15, 0.2) is 54.3 Å². The molecule has 0 fully saturated rings. The van der Waals surface area contributed by atoms with Crippen LogP contribution in [0.1, 0.15) is 32.8 Å². The minimum atomic E-state index is -0.768. The predicted molar refractivity (Wildman–Crippen MR) is 106 cm³/mol. The maximum Gasteiger partial charge on any atom is 0.301 e. The van der Waals surface area contributed by atoms with E-state index in [1.165, 1.54) is 0 Å². The summed E-state index contributed by atoms with van der Waals surface area (Å²) in [6.45, 7) is 6.25. The van der Waals surface area contributed by atoms with Crippen molar-refractivity contribution in [2.75, 3.05) is 11.5 Å². The summed E-state index contributed by atoms with van der Waals surface area (Å²) in [5, 5.41) is 10.4. The van der Waals surface area contributed by atoms with Crippen molar-refractivity contribution >= 4 is 23.1 Å². The SMILES string of the molecule is CCCOc1ccccc1N1C(=O)C(O)=C(c2ccc(OC(C)C)cc2)C1=O. The predicted octanol–water partition coefficient (Wildman–Crippen LogP) is 4.11. The maximum absolute atomic E-state index is 13.0. The van der Waals surface area contributed by atoms with Crippen LogP contribution in [0.5, 0.6) is 11.5 Å². The highest BCUT2D eigenvalue weighted by molar-refractivity contribution is 6.45. The van der Waals surface area contributed by atoms with Gasteiger partial charge in [0.2, 0.25) is 0 Å². The van der Waals surface area contributed by atoms with Gasteiger partial charge >= 0.3 is 5.91 Å². The number of anilines is 1. The topological polar surface area (TPSA) is 76.1 Å². The fraction of sp³-hybridized carbons (Fsp3) is 0.273. The fourth-order valence-corrected chi connectivity index (χ4v) is 2.95. The van der Waals surface area contributed by atoms with Crippen LogP contribution < -0.4 is 14.4 Å². The number of aliphatic hydroxyl groups is 1. The maximum atomic E-state index is 13.0. The summed E-state index contributed by atoms with van der Waals surface area (Å²) in [6, 6.07) is 13.5. The van der Waals surface area contributed by atoms with Crippen molar-refractivity contribution < 1.29 is 24.2 Å². The molecule has 0 spiro atoms. The van der Waals surface area contributed by atoms with Crippen molar-refractivity contribution in [2.45, 2.75) is 33.3 Å². The molecule has 146 valence electrons. The first-order chi connectivity index (χ1) is 13.4. The minimum absolute atomic E-state index is 0.0169. The Labute approximate surface area is 164 Å². The van der Waals surface area contributed by atoms with Gasteiger partial charge in [-0.1, -0.05) is 31.2 Å². The third-order valence-electron chi connectivity index (χ3n) is 4.14. The van der Waals surface area contributed by atoms with Gasteiger partial charge in [0, 0.05) is 0 Å². The van der Waals surface area contributed by atoms with Crippen LogP contribution in [0.4, 0.5) is 5.69 Å². The van der Waals surface area contributed by atoms with Crippen molar-refractivity contribution in [1.82, 2.24) is 0 Å². The van der Waals surface area contributed by atoms with E-state index in [9.17, 15) is 14.7 Å². The van der Waals surface area contributed by atoms with Crippen molar-refractivity contribution in [2.24, 2.45) is 0 Å². The number of hydrogen-bond acceptors (Lipinski definition) is 5. The normalized spacial score (nSPS) is 14.2. The second-order valence-electron chi connectivity index (χ2n) is 6.68. The van der Waals surface area contributed by atoms with Crippen LogP contribution in [-0.4, -0.2) is 29.6 Å². The summed E-state index contributed by atoms with van der Waals surface area (Å²) >= 11 is 0. The molecule has 2 amide bonds.